The molecule has 0 aromatic rings. The van der Waals surface area contributed by atoms with Crippen molar-refractivity contribution in [2.75, 3.05) is 19.6 Å². The van der Waals surface area contributed by atoms with E-state index in [1.807, 2.05) is 0 Å². The number of unbranched alkanes of at least 4 members (excludes halogenated alkanes) is 5. The summed E-state index contributed by atoms with van der Waals surface area (Å²) in [4.78, 5) is 2.70. The van der Waals surface area contributed by atoms with Crippen LogP contribution < -0.4 is 0 Å². The van der Waals surface area contributed by atoms with Crippen molar-refractivity contribution in [2.45, 2.75) is 79.1 Å². The maximum Gasteiger partial charge on any atom is -0.00159 e. The number of likely N-dealkylation sites (tertiary alicyclic amines) is 1. The number of piperidine rings is 1. The molecule has 1 saturated heterocycles. The summed E-state index contributed by atoms with van der Waals surface area (Å²) >= 11 is 0. The first kappa shape index (κ1) is 16.0. The number of hydrogen-bond donors (Lipinski definition) is 0. The highest BCUT2D eigenvalue weighted by Crippen LogP contribution is 2.34. The molecule has 0 unspecified atom stereocenters. The van der Waals surface area contributed by atoms with Crippen LogP contribution in [0.15, 0.2) is 0 Å². The third-order valence-electron chi connectivity index (χ3n) is 4.64. The molecule has 1 heteroatoms. The topological polar surface area (TPSA) is 3.24 Å². The molecule has 0 N–H and O–H groups in total. The van der Waals surface area contributed by atoms with Crippen molar-refractivity contribution < 1.29 is 0 Å². The Balaban J connectivity index is 2.02. The Hall–Kier alpha value is -0.0400. The molecule has 0 aliphatic carbocycles. The quantitative estimate of drug-likeness (QED) is 0.570. The lowest BCUT2D eigenvalue weighted by Crippen LogP contribution is -2.38. The van der Waals surface area contributed by atoms with Crippen molar-refractivity contribution in [3.8, 4) is 0 Å². The minimum Gasteiger partial charge on any atom is -0.303 e. The van der Waals surface area contributed by atoms with E-state index in [1.165, 1.54) is 71.0 Å². The first-order chi connectivity index (χ1) is 8.54. The molecule has 108 valence electrons. The molecular weight excluding hydrogens is 218 g/mol. The minimum absolute atomic E-state index is 0.520. The van der Waals surface area contributed by atoms with E-state index in [0.717, 1.165) is 5.92 Å². The molecule has 1 rings (SSSR count). The molecular formula is C17H35N. The maximum atomic E-state index is 2.70. The molecule has 1 aliphatic rings. The highest BCUT2D eigenvalue weighted by molar-refractivity contribution is 4.80. The zero-order valence-electron chi connectivity index (χ0n) is 13.3. The van der Waals surface area contributed by atoms with Gasteiger partial charge in [0, 0.05) is 0 Å². The summed E-state index contributed by atoms with van der Waals surface area (Å²) in [6, 6.07) is 0. The highest BCUT2D eigenvalue weighted by atomic mass is 15.1. The van der Waals surface area contributed by atoms with Gasteiger partial charge in [-0.25, -0.2) is 0 Å². The van der Waals surface area contributed by atoms with Crippen LogP contribution in [-0.2, 0) is 0 Å². The Morgan fingerprint density at radius 1 is 0.889 bits per heavy atom. The Labute approximate surface area is 115 Å². The van der Waals surface area contributed by atoms with Gasteiger partial charge in [0.2, 0.25) is 0 Å². The average molecular weight is 253 g/mol. The summed E-state index contributed by atoms with van der Waals surface area (Å²) < 4.78 is 0. The van der Waals surface area contributed by atoms with Crippen LogP contribution in [0.4, 0.5) is 0 Å². The van der Waals surface area contributed by atoms with E-state index >= 15 is 0 Å². The van der Waals surface area contributed by atoms with Gasteiger partial charge >= 0.3 is 0 Å². The van der Waals surface area contributed by atoms with E-state index in [-0.39, 0.29) is 0 Å². The molecule has 0 saturated carbocycles. The first-order valence-corrected chi connectivity index (χ1v) is 8.26. The fourth-order valence-electron chi connectivity index (χ4n) is 3.14. The molecule has 1 nitrogen and oxygen atoms in total. The van der Waals surface area contributed by atoms with E-state index in [4.69, 9.17) is 0 Å². The number of hydrogen-bond acceptors (Lipinski definition) is 1. The Morgan fingerprint density at radius 3 is 2.00 bits per heavy atom. The predicted molar refractivity (Wildman–Crippen MR) is 82.0 cm³/mol. The molecule has 0 atom stereocenters. The minimum atomic E-state index is 0.520. The largest absolute Gasteiger partial charge is 0.303 e. The zero-order chi connectivity index (χ0) is 13.4. The normalized spacial score (nSPS) is 19.3. The molecule has 0 amide bonds. The molecule has 0 bridgehead atoms. The standard InChI is InChI=1S/C17H35N/c1-5-6-7-8-9-10-13-18-14-11-16(12-15-18)17(2,3)4/h16H,5-15H2,1-4H3. The van der Waals surface area contributed by atoms with Gasteiger partial charge in [-0.05, 0) is 50.2 Å². The molecule has 0 aromatic heterocycles. The lowest BCUT2D eigenvalue weighted by atomic mass is 9.75. The summed E-state index contributed by atoms with van der Waals surface area (Å²) in [5.74, 6) is 0.943. The van der Waals surface area contributed by atoms with Gasteiger partial charge in [-0.3, -0.25) is 0 Å². The van der Waals surface area contributed by atoms with Crippen LogP contribution in [0, 0.1) is 11.3 Å². The number of rotatable bonds is 7. The third kappa shape index (κ3) is 6.22. The Morgan fingerprint density at radius 2 is 1.44 bits per heavy atom. The van der Waals surface area contributed by atoms with Crippen molar-refractivity contribution in [3.63, 3.8) is 0 Å². The van der Waals surface area contributed by atoms with Crippen molar-refractivity contribution >= 4 is 0 Å². The van der Waals surface area contributed by atoms with E-state index < -0.39 is 0 Å². The maximum absolute atomic E-state index is 2.70. The van der Waals surface area contributed by atoms with Crippen LogP contribution in [0.25, 0.3) is 0 Å². The fourth-order valence-corrected chi connectivity index (χ4v) is 3.14. The van der Waals surface area contributed by atoms with Gasteiger partial charge in [-0.2, -0.15) is 0 Å². The smallest absolute Gasteiger partial charge is 0.00159 e. The molecule has 0 spiro atoms. The summed E-state index contributed by atoms with van der Waals surface area (Å²) in [7, 11) is 0. The van der Waals surface area contributed by atoms with Crippen molar-refractivity contribution in [1.29, 1.82) is 0 Å². The van der Waals surface area contributed by atoms with E-state index in [2.05, 4.69) is 32.6 Å². The van der Waals surface area contributed by atoms with E-state index in [1.54, 1.807) is 0 Å². The molecule has 1 heterocycles. The van der Waals surface area contributed by atoms with Crippen molar-refractivity contribution in [1.82, 2.24) is 4.90 Å². The first-order valence-electron chi connectivity index (χ1n) is 8.26. The highest BCUT2D eigenvalue weighted by Gasteiger charge is 2.28. The second-order valence-electron chi connectivity index (χ2n) is 7.25. The van der Waals surface area contributed by atoms with Gasteiger partial charge in [-0.15, -0.1) is 0 Å². The van der Waals surface area contributed by atoms with Crippen LogP contribution in [0.5, 0.6) is 0 Å². The second kappa shape index (κ2) is 8.19. The summed E-state index contributed by atoms with van der Waals surface area (Å²) in [5.41, 5.74) is 0.520. The van der Waals surface area contributed by atoms with Crippen LogP contribution in [-0.4, -0.2) is 24.5 Å². The molecule has 0 aromatic carbocycles. The monoisotopic (exact) mass is 253 g/mol. The molecule has 18 heavy (non-hydrogen) atoms. The van der Waals surface area contributed by atoms with Gasteiger partial charge in [0.05, 0.1) is 0 Å². The lowest BCUT2D eigenvalue weighted by Gasteiger charge is -2.38. The molecule has 1 aliphatic heterocycles. The SMILES string of the molecule is CCCCCCCCN1CCC(C(C)(C)C)CC1. The molecule has 0 radical (unpaired) electrons. The van der Waals surface area contributed by atoms with Crippen molar-refractivity contribution in [3.05, 3.63) is 0 Å². The van der Waals surface area contributed by atoms with Crippen LogP contribution in [0.3, 0.4) is 0 Å². The van der Waals surface area contributed by atoms with Gasteiger partial charge in [0.15, 0.2) is 0 Å². The fraction of sp³-hybridized carbons (Fsp3) is 1.00. The summed E-state index contributed by atoms with van der Waals surface area (Å²) in [5, 5.41) is 0. The average Bonchev–Trinajstić information content (AvgIpc) is 2.33. The zero-order valence-corrected chi connectivity index (χ0v) is 13.3. The van der Waals surface area contributed by atoms with Crippen LogP contribution >= 0.6 is 0 Å². The Bertz CT molecular complexity index is 196. The number of nitrogens with zero attached hydrogens (tertiary/aromatic N) is 1. The van der Waals surface area contributed by atoms with Crippen LogP contribution in [0.1, 0.15) is 79.1 Å². The van der Waals surface area contributed by atoms with Gasteiger partial charge < -0.3 is 4.90 Å². The summed E-state index contributed by atoms with van der Waals surface area (Å²) in [6.45, 7) is 13.5. The second-order valence-corrected chi connectivity index (χ2v) is 7.25. The van der Waals surface area contributed by atoms with Crippen LogP contribution in [0.2, 0.25) is 0 Å². The Kier molecular flexibility index (Phi) is 7.29. The third-order valence-corrected chi connectivity index (χ3v) is 4.64. The van der Waals surface area contributed by atoms with E-state index in [0.29, 0.717) is 5.41 Å². The van der Waals surface area contributed by atoms with Gasteiger partial charge in [0.25, 0.3) is 0 Å². The summed E-state index contributed by atoms with van der Waals surface area (Å²) in [6.07, 6.45) is 11.4. The van der Waals surface area contributed by atoms with Gasteiger partial charge in [-0.1, -0.05) is 59.8 Å². The molecule has 1 fully saturated rings. The van der Waals surface area contributed by atoms with Gasteiger partial charge in [0.1, 0.15) is 0 Å². The van der Waals surface area contributed by atoms with Crippen molar-refractivity contribution in [2.24, 2.45) is 11.3 Å². The predicted octanol–water partition coefficient (Wildman–Crippen LogP) is 5.11. The lowest BCUT2D eigenvalue weighted by molar-refractivity contribution is 0.111. The van der Waals surface area contributed by atoms with E-state index in [9.17, 15) is 0 Å².